The van der Waals surface area contributed by atoms with E-state index in [1.54, 1.807) is 0 Å². The number of thiophene rings is 1. The Balaban J connectivity index is 2.76. The Morgan fingerprint density at radius 2 is 2.27 bits per heavy atom. The second-order valence-corrected chi connectivity index (χ2v) is 4.80. The smallest absolute Gasteiger partial charge is 0.226 e. The number of hydrogen-bond donors (Lipinski definition) is 1. The van der Waals surface area contributed by atoms with Gasteiger partial charge in [0.25, 0.3) is 0 Å². The van der Waals surface area contributed by atoms with Crippen LogP contribution in [0.4, 0.5) is 0 Å². The zero-order chi connectivity index (χ0) is 11.0. The molecule has 0 aliphatic heterocycles. The molecule has 0 spiro atoms. The number of carbonyl (C=O) groups excluding carboxylic acids is 1. The van der Waals surface area contributed by atoms with E-state index in [-0.39, 0.29) is 5.12 Å². The number of fused-ring (bicyclic) bond motifs is 1. The van der Waals surface area contributed by atoms with Crippen LogP contribution in [0.15, 0.2) is 24.8 Å². The molecule has 1 heterocycles. The largest absolute Gasteiger partial charge is 0.281 e. The number of carbonyl (C=O) groups is 1. The lowest BCUT2D eigenvalue weighted by Crippen LogP contribution is -1.81. The Kier molecular flexibility index (Phi) is 2.67. The van der Waals surface area contributed by atoms with E-state index in [0.29, 0.717) is 4.88 Å². The third-order valence-electron chi connectivity index (χ3n) is 2.44. The average Bonchev–Trinajstić information content (AvgIpc) is 2.63. The molecule has 0 aliphatic carbocycles. The zero-order valence-electron chi connectivity index (χ0n) is 8.28. The molecule has 15 heavy (non-hydrogen) atoms. The number of benzene rings is 1. The Labute approximate surface area is 97.8 Å². The van der Waals surface area contributed by atoms with Crippen LogP contribution in [0, 0.1) is 6.92 Å². The van der Waals surface area contributed by atoms with Crippen molar-refractivity contribution in [2.24, 2.45) is 0 Å². The minimum absolute atomic E-state index is 0.171. The molecule has 1 aromatic carbocycles. The van der Waals surface area contributed by atoms with Crippen molar-refractivity contribution in [1.29, 1.82) is 0 Å². The van der Waals surface area contributed by atoms with E-state index < -0.39 is 0 Å². The maximum atomic E-state index is 11.1. The summed E-state index contributed by atoms with van der Waals surface area (Å²) in [5.41, 5.74) is 2.28. The molecule has 76 valence electrons. The van der Waals surface area contributed by atoms with Crippen molar-refractivity contribution < 1.29 is 4.79 Å². The molecule has 3 heteroatoms. The first-order valence-electron chi connectivity index (χ1n) is 4.52. The summed E-state index contributed by atoms with van der Waals surface area (Å²) in [6.07, 6.45) is 1.83. The highest BCUT2D eigenvalue weighted by atomic mass is 32.1. The Morgan fingerprint density at radius 3 is 2.87 bits per heavy atom. The van der Waals surface area contributed by atoms with Crippen molar-refractivity contribution in [2.75, 3.05) is 0 Å². The fourth-order valence-corrected chi connectivity index (χ4v) is 2.76. The van der Waals surface area contributed by atoms with Gasteiger partial charge in [0.05, 0.1) is 4.88 Å². The summed E-state index contributed by atoms with van der Waals surface area (Å²) in [4.78, 5) is 11.8. The molecule has 1 nitrogen and oxygen atoms in total. The summed E-state index contributed by atoms with van der Waals surface area (Å²) < 4.78 is 1.12. The normalized spacial score (nSPS) is 10.5. The van der Waals surface area contributed by atoms with E-state index in [0.717, 1.165) is 15.6 Å². The number of thiol groups is 1. The molecule has 0 fully saturated rings. The molecule has 0 bridgehead atoms. The third kappa shape index (κ3) is 1.73. The third-order valence-corrected chi connectivity index (χ3v) is 3.93. The highest BCUT2D eigenvalue weighted by Gasteiger charge is 2.09. The van der Waals surface area contributed by atoms with Crippen molar-refractivity contribution in [2.45, 2.75) is 6.92 Å². The lowest BCUT2D eigenvalue weighted by molar-refractivity contribution is 0.109. The molecule has 0 atom stereocenters. The predicted octanol–water partition coefficient (Wildman–Crippen LogP) is 3.92. The van der Waals surface area contributed by atoms with Crippen LogP contribution in [0.1, 0.15) is 20.8 Å². The number of aryl methyl sites for hydroxylation is 1. The van der Waals surface area contributed by atoms with Crippen LogP contribution in [0.2, 0.25) is 0 Å². The quantitative estimate of drug-likeness (QED) is 0.779. The van der Waals surface area contributed by atoms with Gasteiger partial charge in [0.2, 0.25) is 5.12 Å². The van der Waals surface area contributed by atoms with Crippen LogP contribution in [-0.4, -0.2) is 5.12 Å². The Hall–Kier alpha value is -1.06. The standard InChI is InChI=1S/C12H10OS2/c1-3-8-4-5-10-9(7(8)2)6-11(15-10)12(13)14/h3-6H,1H2,2H3,(H,13,14). The zero-order valence-corrected chi connectivity index (χ0v) is 9.99. The van der Waals surface area contributed by atoms with E-state index in [4.69, 9.17) is 0 Å². The maximum absolute atomic E-state index is 11.1. The minimum atomic E-state index is -0.171. The Morgan fingerprint density at radius 1 is 1.53 bits per heavy atom. The van der Waals surface area contributed by atoms with Gasteiger partial charge in [-0.25, -0.2) is 0 Å². The molecule has 2 rings (SSSR count). The van der Waals surface area contributed by atoms with Crippen LogP contribution in [-0.2, 0) is 0 Å². The predicted molar refractivity (Wildman–Crippen MR) is 70.0 cm³/mol. The number of rotatable bonds is 2. The van der Waals surface area contributed by atoms with Gasteiger partial charge in [-0.1, -0.05) is 31.4 Å². The molecule has 0 saturated carbocycles. The average molecular weight is 234 g/mol. The summed E-state index contributed by atoms with van der Waals surface area (Å²) in [6, 6.07) is 5.94. The van der Waals surface area contributed by atoms with Gasteiger partial charge in [-0.3, -0.25) is 4.79 Å². The van der Waals surface area contributed by atoms with Crippen LogP contribution in [0.25, 0.3) is 16.2 Å². The molecule has 0 radical (unpaired) electrons. The summed E-state index contributed by atoms with van der Waals surface area (Å²) in [5.74, 6) is 0. The van der Waals surface area contributed by atoms with Gasteiger partial charge in [-0.2, -0.15) is 0 Å². The molecule has 1 aromatic heterocycles. The van der Waals surface area contributed by atoms with Gasteiger partial charge in [0.1, 0.15) is 0 Å². The number of hydrogen-bond acceptors (Lipinski definition) is 2. The van der Waals surface area contributed by atoms with Crippen LogP contribution in [0.3, 0.4) is 0 Å². The van der Waals surface area contributed by atoms with Crippen LogP contribution >= 0.6 is 24.0 Å². The van der Waals surface area contributed by atoms with Crippen molar-refractivity contribution in [3.63, 3.8) is 0 Å². The second kappa shape index (κ2) is 3.83. The van der Waals surface area contributed by atoms with Gasteiger partial charge < -0.3 is 0 Å². The minimum Gasteiger partial charge on any atom is -0.281 e. The SMILES string of the molecule is C=Cc1ccc2sc(C(=O)S)cc2c1C. The van der Waals surface area contributed by atoms with E-state index in [9.17, 15) is 4.79 Å². The van der Waals surface area contributed by atoms with Crippen molar-refractivity contribution in [3.05, 3.63) is 40.8 Å². The van der Waals surface area contributed by atoms with Gasteiger partial charge in [0.15, 0.2) is 0 Å². The van der Waals surface area contributed by atoms with E-state index >= 15 is 0 Å². The highest BCUT2D eigenvalue weighted by Crippen LogP contribution is 2.31. The fraction of sp³-hybridized carbons (Fsp3) is 0.0833. The molecule has 2 aromatic rings. The lowest BCUT2D eigenvalue weighted by atomic mass is 10.1. The van der Waals surface area contributed by atoms with E-state index in [1.165, 1.54) is 16.9 Å². The second-order valence-electron chi connectivity index (χ2n) is 3.31. The molecule has 0 aliphatic rings. The van der Waals surface area contributed by atoms with Gasteiger partial charge in [0, 0.05) is 4.70 Å². The summed E-state index contributed by atoms with van der Waals surface area (Å²) in [7, 11) is 0. The first kappa shape index (κ1) is 10.5. The van der Waals surface area contributed by atoms with E-state index in [2.05, 4.69) is 19.2 Å². The molecular formula is C12H10OS2. The summed E-state index contributed by atoms with van der Waals surface area (Å²) in [5, 5.41) is 0.950. The molecule has 0 amide bonds. The molecule has 0 N–H and O–H groups in total. The molecular weight excluding hydrogens is 224 g/mol. The monoisotopic (exact) mass is 234 g/mol. The first-order valence-corrected chi connectivity index (χ1v) is 5.78. The topological polar surface area (TPSA) is 17.1 Å². The fourth-order valence-electron chi connectivity index (χ4n) is 1.59. The lowest BCUT2D eigenvalue weighted by Gasteiger charge is -2.00. The van der Waals surface area contributed by atoms with Gasteiger partial charge in [-0.15, -0.1) is 11.3 Å². The Bertz CT molecular complexity index is 552. The van der Waals surface area contributed by atoms with Crippen molar-refractivity contribution in [3.8, 4) is 0 Å². The summed E-state index contributed by atoms with van der Waals surface area (Å²) >= 11 is 5.31. The van der Waals surface area contributed by atoms with Crippen LogP contribution < -0.4 is 0 Å². The van der Waals surface area contributed by atoms with Crippen molar-refractivity contribution >= 4 is 45.2 Å². The maximum Gasteiger partial charge on any atom is 0.226 e. The van der Waals surface area contributed by atoms with Gasteiger partial charge in [-0.05, 0) is 35.6 Å². The van der Waals surface area contributed by atoms with Crippen molar-refractivity contribution in [1.82, 2.24) is 0 Å². The first-order chi connectivity index (χ1) is 7.13. The van der Waals surface area contributed by atoms with E-state index in [1.807, 2.05) is 31.2 Å². The molecule has 0 saturated heterocycles. The summed E-state index contributed by atoms with van der Waals surface area (Å²) in [6.45, 7) is 5.80. The van der Waals surface area contributed by atoms with Gasteiger partial charge >= 0.3 is 0 Å². The highest BCUT2D eigenvalue weighted by molar-refractivity contribution is 7.97. The van der Waals surface area contributed by atoms with Crippen LogP contribution in [0.5, 0.6) is 0 Å². The molecule has 0 unspecified atom stereocenters.